The standard InChI is InChI=1S/C10H24N4/c1-10(2)9-14-8-7-13-6-5-12-4-3-11/h9-10,12-13H,3-8,11H2,1-2H3. The lowest BCUT2D eigenvalue weighted by Crippen LogP contribution is -2.31. The van der Waals surface area contributed by atoms with Crippen LogP contribution in [0.2, 0.25) is 0 Å². The van der Waals surface area contributed by atoms with Crippen molar-refractivity contribution in [2.24, 2.45) is 16.6 Å². The van der Waals surface area contributed by atoms with Crippen LogP contribution in [-0.2, 0) is 0 Å². The topological polar surface area (TPSA) is 62.4 Å². The molecule has 0 aliphatic heterocycles. The fourth-order valence-electron chi connectivity index (χ4n) is 0.958. The first-order valence-corrected chi connectivity index (χ1v) is 5.38. The molecule has 4 N–H and O–H groups in total. The Kier molecular flexibility index (Phi) is 10.3. The van der Waals surface area contributed by atoms with Crippen molar-refractivity contribution in [1.29, 1.82) is 0 Å². The van der Waals surface area contributed by atoms with Gasteiger partial charge in [0.05, 0.1) is 6.54 Å². The third kappa shape index (κ3) is 11.6. The van der Waals surface area contributed by atoms with Crippen molar-refractivity contribution in [2.45, 2.75) is 13.8 Å². The summed E-state index contributed by atoms with van der Waals surface area (Å²) in [4.78, 5) is 4.28. The highest BCUT2D eigenvalue weighted by atomic mass is 15.0. The van der Waals surface area contributed by atoms with Gasteiger partial charge < -0.3 is 16.4 Å². The summed E-state index contributed by atoms with van der Waals surface area (Å²) in [7, 11) is 0. The average molecular weight is 200 g/mol. The van der Waals surface area contributed by atoms with Gasteiger partial charge in [0, 0.05) is 38.9 Å². The molecule has 0 rings (SSSR count). The van der Waals surface area contributed by atoms with Crippen LogP contribution in [0.5, 0.6) is 0 Å². The molecule has 0 saturated carbocycles. The summed E-state index contributed by atoms with van der Waals surface area (Å²) in [5.74, 6) is 0.557. The van der Waals surface area contributed by atoms with Gasteiger partial charge in [-0.05, 0) is 5.92 Å². The fraction of sp³-hybridized carbons (Fsp3) is 0.900. The Labute approximate surface area is 87.4 Å². The number of nitrogens with one attached hydrogen (secondary N) is 2. The van der Waals surface area contributed by atoms with Crippen molar-refractivity contribution in [1.82, 2.24) is 10.6 Å². The van der Waals surface area contributed by atoms with Gasteiger partial charge in [0.15, 0.2) is 0 Å². The molecule has 0 aromatic rings. The quantitative estimate of drug-likeness (QED) is 0.358. The highest BCUT2D eigenvalue weighted by molar-refractivity contribution is 5.59. The van der Waals surface area contributed by atoms with Crippen molar-refractivity contribution in [3.8, 4) is 0 Å². The molecular formula is C10H24N4. The normalized spacial score (nSPS) is 11.7. The smallest absolute Gasteiger partial charge is 0.0510 e. The van der Waals surface area contributed by atoms with Gasteiger partial charge in [-0.2, -0.15) is 0 Å². The molecule has 0 heterocycles. The number of hydrogen-bond acceptors (Lipinski definition) is 4. The summed E-state index contributed by atoms with van der Waals surface area (Å²) in [5, 5.41) is 6.52. The third-order valence-electron chi connectivity index (χ3n) is 1.62. The molecule has 0 amide bonds. The van der Waals surface area contributed by atoms with Crippen LogP contribution >= 0.6 is 0 Å². The van der Waals surface area contributed by atoms with Crippen LogP contribution in [0.15, 0.2) is 4.99 Å². The molecule has 0 saturated heterocycles. The summed E-state index contributed by atoms with van der Waals surface area (Å²) >= 11 is 0. The van der Waals surface area contributed by atoms with Crippen LogP contribution < -0.4 is 16.4 Å². The molecule has 0 unspecified atom stereocenters. The fourth-order valence-corrected chi connectivity index (χ4v) is 0.958. The minimum atomic E-state index is 0.557. The number of nitrogens with two attached hydrogens (primary N) is 1. The number of rotatable bonds is 9. The van der Waals surface area contributed by atoms with E-state index in [0.29, 0.717) is 12.5 Å². The molecule has 0 atom stereocenters. The summed E-state index contributed by atoms with van der Waals surface area (Å²) < 4.78 is 0. The van der Waals surface area contributed by atoms with Crippen LogP contribution in [-0.4, -0.2) is 45.5 Å². The Morgan fingerprint density at radius 1 is 1.14 bits per heavy atom. The van der Waals surface area contributed by atoms with Crippen LogP contribution in [0.25, 0.3) is 0 Å². The predicted molar refractivity (Wildman–Crippen MR) is 63.0 cm³/mol. The van der Waals surface area contributed by atoms with Gasteiger partial charge in [-0.25, -0.2) is 0 Å². The second-order valence-corrected chi connectivity index (χ2v) is 3.59. The first kappa shape index (κ1) is 13.5. The third-order valence-corrected chi connectivity index (χ3v) is 1.62. The van der Waals surface area contributed by atoms with E-state index in [1.807, 2.05) is 6.21 Å². The lowest BCUT2D eigenvalue weighted by Gasteiger charge is -2.03. The van der Waals surface area contributed by atoms with Crippen molar-refractivity contribution >= 4 is 6.21 Å². The molecule has 0 aromatic carbocycles. The molecule has 84 valence electrons. The number of nitrogens with zero attached hydrogens (tertiary/aromatic N) is 1. The van der Waals surface area contributed by atoms with Crippen LogP contribution in [0.3, 0.4) is 0 Å². The highest BCUT2D eigenvalue weighted by Crippen LogP contribution is 1.83. The zero-order chi connectivity index (χ0) is 10.6. The van der Waals surface area contributed by atoms with Crippen molar-refractivity contribution in [2.75, 3.05) is 39.3 Å². The molecule has 0 bridgehead atoms. The minimum absolute atomic E-state index is 0.557. The van der Waals surface area contributed by atoms with Crippen molar-refractivity contribution in [3.05, 3.63) is 0 Å². The minimum Gasteiger partial charge on any atom is -0.329 e. The van der Waals surface area contributed by atoms with Gasteiger partial charge in [-0.15, -0.1) is 0 Å². The predicted octanol–water partition coefficient (Wildman–Crippen LogP) is -0.149. The largest absolute Gasteiger partial charge is 0.329 e. The Morgan fingerprint density at radius 3 is 2.36 bits per heavy atom. The highest BCUT2D eigenvalue weighted by Gasteiger charge is 1.87. The SMILES string of the molecule is CC(C)C=NCCNCCNCCN. The van der Waals surface area contributed by atoms with Gasteiger partial charge in [-0.1, -0.05) is 13.8 Å². The maximum absolute atomic E-state index is 5.34. The zero-order valence-corrected chi connectivity index (χ0v) is 9.42. The van der Waals surface area contributed by atoms with E-state index >= 15 is 0 Å². The summed E-state index contributed by atoms with van der Waals surface area (Å²) in [6.45, 7) is 9.65. The van der Waals surface area contributed by atoms with Gasteiger partial charge >= 0.3 is 0 Å². The number of hydrogen-bond donors (Lipinski definition) is 3. The lowest BCUT2D eigenvalue weighted by molar-refractivity contribution is 0.618. The molecule has 0 fully saturated rings. The molecule has 4 heteroatoms. The van der Waals surface area contributed by atoms with Gasteiger partial charge in [0.1, 0.15) is 0 Å². The first-order valence-electron chi connectivity index (χ1n) is 5.38. The monoisotopic (exact) mass is 200 g/mol. The van der Waals surface area contributed by atoms with E-state index < -0.39 is 0 Å². The van der Waals surface area contributed by atoms with E-state index in [1.165, 1.54) is 0 Å². The molecular weight excluding hydrogens is 176 g/mol. The molecule has 0 aromatic heterocycles. The van der Waals surface area contributed by atoms with Crippen molar-refractivity contribution in [3.63, 3.8) is 0 Å². The molecule has 4 nitrogen and oxygen atoms in total. The summed E-state index contributed by atoms with van der Waals surface area (Å²) in [6.07, 6.45) is 1.99. The van der Waals surface area contributed by atoms with Gasteiger partial charge in [0.25, 0.3) is 0 Å². The van der Waals surface area contributed by atoms with Gasteiger partial charge in [0.2, 0.25) is 0 Å². The van der Waals surface area contributed by atoms with Crippen molar-refractivity contribution < 1.29 is 0 Å². The Hall–Kier alpha value is -0.450. The molecule has 0 spiro atoms. The van der Waals surface area contributed by atoms with E-state index in [2.05, 4.69) is 29.5 Å². The summed E-state index contributed by atoms with van der Waals surface area (Å²) in [6, 6.07) is 0. The van der Waals surface area contributed by atoms with E-state index in [1.54, 1.807) is 0 Å². The van der Waals surface area contributed by atoms with E-state index in [0.717, 1.165) is 32.7 Å². The first-order chi connectivity index (χ1) is 6.77. The maximum Gasteiger partial charge on any atom is 0.0510 e. The lowest BCUT2D eigenvalue weighted by atomic mass is 10.2. The van der Waals surface area contributed by atoms with Crippen LogP contribution in [0, 0.1) is 5.92 Å². The van der Waals surface area contributed by atoms with Gasteiger partial charge in [-0.3, -0.25) is 4.99 Å². The summed E-state index contributed by atoms with van der Waals surface area (Å²) in [5.41, 5.74) is 5.34. The second kappa shape index (κ2) is 10.6. The molecule has 0 radical (unpaired) electrons. The second-order valence-electron chi connectivity index (χ2n) is 3.59. The Morgan fingerprint density at radius 2 is 1.79 bits per heavy atom. The maximum atomic E-state index is 5.34. The number of aliphatic imine (C=N–C) groups is 1. The Bertz CT molecular complexity index is 134. The van der Waals surface area contributed by atoms with E-state index in [9.17, 15) is 0 Å². The molecule has 14 heavy (non-hydrogen) atoms. The van der Waals surface area contributed by atoms with Crippen LogP contribution in [0.4, 0.5) is 0 Å². The molecule has 0 aliphatic rings. The molecule has 0 aliphatic carbocycles. The van der Waals surface area contributed by atoms with E-state index in [4.69, 9.17) is 5.73 Å². The average Bonchev–Trinajstić information content (AvgIpc) is 2.15. The van der Waals surface area contributed by atoms with E-state index in [-0.39, 0.29) is 0 Å². The zero-order valence-electron chi connectivity index (χ0n) is 9.42. The Balaban J connectivity index is 2.99. The van der Waals surface area contributed by atoms with Crippen LogP contribution in [0.1, 0.15) is 13.8 Å².